The molecule has 0 aromatic heterocycles. The topological polar surface area (TPSA) is 23.5 Å². The van der Waals surface area contributed by atoms with Crippen LogP contribution in [0.3, 0.4) is 0 Å². The van der Waals surface area contributed by atoms with Gasteiger partial charge in [-0.1, -0.05) is 31.2 Å². The van der Waals surface area contributed by atoms with Gasteiger partial charge < -0.3 is 5.11 Å². The van der Waals surface area contributed by atoms with E-state index < -0.39 is 0 Å². The molecule has 2 nitrogen and oxygen atoms in total. The highest BCUT2D eigenvalue weighted by Gasteiger charge is 2.56. The summed E-state index contributed by atoms with van der Waals surface area (Å²) < 4.78 is 0. The summed E-state index contributed by atoms with van der Waals surface area (Å²) in [7, 11) is 0. The number of benzene rings is 1. The second-order valence-electron chi connectivity index (χ2n) is 7.10. The fourth-order valence-corrected chi connectivity index (χ4v) is 5.30. The Balaban J connectivity index is 1.60. The number of fused-ring (bicyclic) bond motifs is 3. The van der Waals surface area contributed by atoms with Gasteiger partial charge in [0.1, 0.15) is 0 Å². The van der Waals surface area contributed by atoms with E-state index in [4.69, 9.17) is 0 Å². The van der Waals surface area contributed by atoms with Gasteiger partial charge in [-0.05, 0) is 49.7 Å². The van der Waals surface area contributed by atoms with Gasteiger partial charge in [-0.3, -0.25) is 4.90 Å². The molecule has 108 valence electrons. The van der Waals surface area contributed by atoms with Crippen molar-refractivity contribution in [2.24, 2.45) is 5.41 Å². The molecule has 1 aromatic carbocycles. The van der Waals surface area contributed by atoms with Gasteiger partial charge in [0, 0.05) is 23.5 Å². The average molecular weight is 271 g/mol. The van der Waals surface area contributed by atoms with Crippen molar-refractivity contribution < 1.29 is 5.11 Å². The highest BCUT2D eigenvalue weighted by atomic mass is 16.3. The van der Waals surface area contributed by atoms with E-state index in [2.05, 4.69) is 36.1 Å². The zero-order valence-corrected chi connectivity index (χ0v) is 12.4. The molecule has 3 atom stereocenters. The van der Waals surface area contributed by atoms with Crippen LogP contribution in [-0.4, -0.2) is 34.7 Å². The molecule has 2 heterocycles. The monoisotopic (exact) mass is 271 g/mol. The molecule has 20 heavy (non-hydrogen) atoms. The number of nitrogens with zero attached hydrogens (tertiary/aromatic N) is 1. The molecular weight excluding hydrogens is 246 g/mol. The molecule has 1 aromatic rings. The van der Waals surface area contributed by atoms with Crippen molar-refractivity contribution in [1.29, 1.82) is 0 Å². The fourth-order valence-electron chi connectivity index (χ4n) is 5.30. The number of hydrogen-bond acceptors (Lipinski definition) is 2. The lowest BCUT2D eigenvalue weighted by atomic mass is 9.72. The normalized spacial score (nSPS) is 36.7. The molecule has 4 rings (SSSR count). The minimum Gasteiger partial charge on any atom is -0.396 e. The molecule has 2 aliphatic heterocycles. The van der Waals surface area contributed by atoms with Crippen LogP contribution in [0.25, 0.3) is 0 Å². The predicted octanol–water partition coefficient (Wildman–Crippen LogP) is 2.78. The third-order valence-corrected chi connectivity index (χ3v) is 6.37. The molecule has 1 N–H and O–H groups in total. The van der Waals surface area contributed by atoms with Crippen LogP contribution in [0.1, 0.15) is 43.7 Å². The predicted molar refractivity (Wildman–Crippen MR) is 80.7 cm³/mol. The van der Waals surface area contributed by atoms with Gasteiger partial charge in [-0.25, -0.2) is 0 Å². The fraction of sp³-hybridized carbons (Fsp3) is 0.667. The number of aliphatic hydroxyl groups excluding tert-OH is 1. The van der Waals surface area contributed by atoms with Crippen molar-refractivity contribution in [2.45, 2.75) is 63.6 Å². The zero-order chi connectivity index (χ0) is 13.7. The molecule has 3 aliphatic rings. The van der Waals surface area contributed by atoms with Crippen molar-refractivity contribution in [3.05, 3.63) is 35.4 Å². The van der Waals surface area contributed by atoms with Crippen LogP contribution in [0.5, 0.6) is 0 Å². The maximum atomic E-state index is 9.95. The SMILES string of the molecule is CC[C@]1(CO)C[C@H]2CC[C@@H]1N2C1Cc2ccccc2C1. The van der Waals surface area contributed by atoms with Crippen LogP contribution in [0, 0.1) is 5.41 Å². The minimum absolute atomic E-state index is 0.192. The highest BCUT2D eigenvalue weighted by Crippen LogP contribution is 2.53. The Bertz CT molecular complexity index is 483. The summed E-state index contributed by atoms with van der Waals surface area (Å²) in [5, 5.41) is 9.95. The number of rotatable bonds is 3. The van der Waals surface area contributed by atoms with Gasteiger partial charge in [0.05, 0.1) is 6.61 Å². The second-order valence-corrected chi connectivity index (χ2v) is 7.10. The van der Waals surface area contributed by atoms with E-state index in [1.807, 2.05) is 0 Å². The van der Waals surface area contributed by atoms with Gasteiger partial charge in [0.15, 0.2) is 0 Å². The molecule has 2 bridgehead atoms. The second kappa shape index (κ2) is 4.57. The van der Waals surface area contributed by atoms with Crippen molar-refractivity contribution in [1.82, 2.24) is 4.90 Å². The lowest BCUT2D eigenvalue weighted by Gasteiger charge is -2.37. The molecule has 2 heteroatoms. The summed E-state index contributed by atoms with van der Waals surface area (Å²) >= 11 is 0. The number of aliphatic hydroxyl groups is 1. The largest absolute Gasteiger partial charge is 0.396 e. The van der Waals surface area contributed by atoms with Crippen LogP contribution >= 0.6 is 0 Å². The van der Waals surface area contributed by atoms with Crippen molar-refractivity contribution >= 4 is 0 Å². The van der Waals surface area contributed by atoms with Crippen LogP contribution < -0.4 is 0 Å². The molecule has 1 aliphatic carbocycles. The van der Waals surface area contributed by atoms with Crippen molar-refractivity contribution in [3.8, 4) is 0 Å². The highest BCUT2D eigenvalue weighted by molar-refractivity contribution is 5.34. The maximum absolute atomic E-state index is 9.95. The molecule has 2 saturated heterocycles. The first-order valence-corrected chi connectivity index (χ1v) is 8.22. The van der Waals surface area contributed by atoms with E-state index in [1.54, 1.807) is 11.1 Å². The molecule has 0 unspecified atom stereocenters. The lowest BCUT2D eigenvalue weighted by molar-refractivity contribution is 0.0624. The van der Waals surface area contributed by atoms with Gasteiger partial charge in [-0.2, -0.15) is 0 Å². The molecule has 0 saturated carbocycles. The summed E-state index contributed by atoms with van der Waals surface area (Å²) in [6.45, 7) is 2.64. The third-order valence-electron chi connectivity index (χ3n) is 6.37. The summed E-state index contributed by atoms with van der Waals surface area (Å²) in [6.07, 6.45) is 7.42. The first kappa shape index (κ1) is 12.8. The van der Waals surface area contributed by atoms with Gasteiger partial charge in [0.2, 0.25) is 0 Å². The Hall–Kier alpha value is -0.860. The molecule has 0 spiro atoms. The minimum atomic E-state index is 0.192. The summed E-state index contributed by atoms with van der Waals surface area (Å²) in [4.78, 5) is 2.81. The molecular formula is C18H25NO. The van der Waals surface area contributed by atoms with E-state index in [0.717, 1.165) is 12.5 Å². The first-order valence-electron chi connectivity index (χ1n) is 8.22. The van der Waals surface area contributed by atoms with E-state index in [1.165, 1.54) is 32.1 Å². The maximum Gasteiger partial charge on any atom is 0.0502 e. The third kappa shape index (κ3) is 1.64. The van der Waals surface area contributed by atoms with Crippen LogP contribution in [0.2, 0.25) is 0 Å². The summed E-state index contributed by atoms with van der Waals surface area (Å²) in [6, 6.07) is 11.0. The molecule has 0 radical (unpaired) electrons. The van der Waals surface area contributed by atoms with E-state index in [0.29, 0.717) is 18.7 Å². The number of hydrogen-bond donors (Lipinski definition) is 1. The van der Waals surface area contributed by atoms with E-state index >= 15 is 0 Å². The van der Waals surface area contributed by atoms with Crippen molar-refractivity contribution in [3.63, 3.8) is 0 Å². The smallest absolute Gasteiger partial charge is 0.0502 e. The van der Waals surface area contributed by atoms with Crippen LogP contribution in [0.15, 0.2) is 24.3 Å². The Morgan fingerprint density at radius 1 is 1.15 bits per heavy atom. The summed E-state index contributed by atoms with van der Waals surface area (Å²) in [5.74, 6) is 0. The molecule has 2 fully saturated rings. The Kier molecular flexibility index (Phi) is 2.94. The van der Waals surface area contributed by atoms with Gasteiger partial charge in [0.25, 0.3) is 0 Å². The van der Waals surface area contributed by atoms with Gasteiger partial charge >= 0.3 is 0 Å². The van der Waals surface area contributed by atoms with E-state index in [-0.39, 0.29) is 5.41 Å². The van der Waals surface area contributed by atoms with Gasteiger partial charge in [-0.15, -0.1) is 0 Å². The zero-order valence-electron chi connectivity index (χ0n) is 12.4. The lowest BCUT2D eigenvalue weighted by Crippen LogP contribution is -2.44. The van der Waals surface area contributed by atoms with Crippen LogP contribution in [0.4, 0.5) is 0 Å². The quantitative estimate of drug-likeness (QED) is 0.914. The average Bonchev–Trinajstić information content (AvgIpc) is 3.16. The Labute approximate surface area is 121 Å². The standard InChI is InChI=1S/C18H25NO/c1-2-18(12-20)11-15-7-8-17(18)19(15)16-9-13-5-3-4-6-14(13)10-16/h3-6,15-17,20H,2,7-12H2,1H3/t15-,17+,18-/m1/s1. The van der Waals surface area contributed by atoms with Crippen molar-refractivity contribution in [2.75, 3.05) is 6.61 Å². The van der Waals surface area contributed by atoms with E-state index in [9.17, 15) is 5.11 Å². The first-order chi connectivity index (χ1) is 9.77. The van der Waals surface area contributed by atoms with Crippen LogP contribution in [-0.2, 0) is 12.8 Å². The summed E-state index contributed by atoms with van der Waals surface area (Å²) in [5.41, 5.74) is 3.29. The Morgan fingerprint density at radius 2 is 1.85 bits per heavy atom. The molecule has 0 amide bonds. The Morgan fingerprint density at radius 3 is 2.40 bits per heavy atom.